The zero-order valence-corrected chi connectivity index (χ0v) is 18.0. The Balaban J connectivity index is 1.30. The van der Waals surface area contributed by atoms with Crippen molar-refractivity contribution < 1.29 is 14.3 Å². The largest absolute Gasteiger partial charge is 0.381 e. The van der Waals surface area contributed by atoms with Crippen LogP contribution in [0.15, 0.2) is 18.2 Å². The molecule has 4 rings (SSSR count). The zero-order chi connectivity index (χ0) is 20.5. The summed E-state index contributed by atoms with van der Waals surface area (Å²) in [6.07, 6.45) is 3.62. The number of piperidine rings is 1. The van der Waals surface area contributed by atoms with Gasteiger partial charge in [0.2, 0.25) is 5.91 Å². The maximum atomic E-state index is 12.8. The molecule has 1 N–H and O–H groups in total. The van der Waals surface area contributed by atoms with Gasteiger partial charge in [0, 0.05) is 43.7 Å². The minimum Gasteiger partial charge on any atom is -0.381 e. The highest BCUT2D eigenvalue weighted by Crippen LogP contribution is 2.41. The normalized spacial score (nSPS) is 28.9. The van der Waals surface area contributed by atoms with Crippen molar-refractivity contribution in [3.8, 4) is 0 Å². The molecule has 1 aliphatic carbocycles. The van der Waals surface area contributed by atoms with E-state index in [1.807, 2.05) is 31.0 Å². The van der Waals surface area contributed by atoms with Crippen LogP contribution in [0.25, 0.3) is 0 Å². The number of amides is 3. The summed E-state index contributed by atoms with van der Waals surface area (Å²) >= 11 is 6.12. The predicted molar refractivity (Wildman–Crippen MR) is 112 cm³/mol. The Hall–Kier alpha value is -1.79. The molecule has 4 atom stereocenters. The monoisotopic (exact) mass is 419 g/mol. The van der Waals surface area contributed by atoms with E-state index in [1.165, 1.54) is 5.56 Å². The lowest BCUT2D eigenvalue weighted by Crippen LogP contribution is -2.53. The van der Waals surface area contributed by atoms with Gasteiger partial charge in [-0.25, -0.2) is 4.79 Å². The number of nitrogens with one attached hydrogen (secondary N) is 1. The van der Waals surface area contributed by atoms with Crippen LogP contribution in [0.2, 0.25) is 5.02 Å². The molecule has 6 nitrogen and oxygen atoms in total. The molecule has 1 aromatic carbocycles. The Morgan fingerprint density at radius 1 is 1.31 bits per heavy atom. The van der Waals surface area contributed by atoms with Crippen molar-refractivity contribution in [2.75, 3.05) is 33.4 Å². The zero-order valence-electron chi connectivity index (χ0n) is 17.2. The van der Waals surface area contributed by atoms with Gasteiger partial charge in [-0.15, -0.1) is 0 Å². The van der Waals surface area contributed by atoms with Crippen LogP contribution in [-0.4, -0.2) is 67.2 Å². The standard InChI is InChI=1S/C22H30ClN3O3/c1-14-10-15(5-6-19(14)23)18-11-20(18)24-22(28)25(2)17-4-3-8-26(12-17)21(27)16-7-9-29-13-16/h5-6,10,16-18,20H,3-4,7-9,11-13H2,1-2H3,(H,24,28)/t16-,17-,18?,20?/m1/s1. The summed E-state index contributed by atoms with van der Waals surface area (Å²) in [4.78, 5) is 29.2. The smallest absolute Gasteiger partial charge is 0.317 e. The van der Waals surface area contributed by atoms with E-state index in [-0.39, 0.29) is 29.9 Å². The highest BCUT2D eigenvalue weighted by atomic mass is 35.5. The van der Waals surface area contributed by atoms with Crippen LogP contribution in [-0.2, 0) is 9.53 Å². The van der Waals surface area contributed by atoms with Gasteiger partial charge in [0.1, 0.15) is 0 Å². The lowest BCUT2D eigenvalue weighted by Gasteiger charge is -2.38. The maximum absolute atomic E-state index is 12.8. The molecule has 2 aliphatic heterocycles. The maximum Gasteiger partial charge on any atom is 0.317 e. The second-order valence-electron chi connectivity index (χ2n) is 8.66. The van der Waals surface area contributed by atoms with Gasteiger partial charge in [-0.05, 0) is 49.8 Å². The number of nitrogens with zero attached hydrogens (tertiary/aromatic N) is 2. The summed E-state index contributed by atoms with van der Waals surface area (Å²) in [5.74, 6) is 0.527. The Morgan fingerprint density at radius 2 is 2.14 bits per heavy atom. The Kier molecular flexibility index (Phi) is 6.02. The van der Waals surface area contributed by atoms with Crippen LogP contribution in [0.1, 0.15) is 42.7 Å². The lowest BCUT2D eigenvalue weighted by molar-refractivity contribution is -0.137. The average Bonchev–Trinajstić information content (AvgIpc) is 3.26. The molecular formula is C22H30ClN3O3. The summed E-state index contributed by atoms with van der Waals surface area (Å²) in [6, 6.07) is 6.27. The number of likely N-dealkylation sites (tertiary alicyclic amines) is 1. The SMILES string of the molecule is Cc1cc(C2CC2NC(=O)N(C)[C@@H]2CCCN(C(=O)[C@@H]3CCOC3)C2)ccc1Cl. The van der Waals surface area contributed by atoms with E-state index in [2.05, 4.69) is 11.4 Å². The van der Waals surface area contributed by atoms with E-state index in [0.717, 1.165) is 42.8 Å². The van der Waals surface area contributed by atoms with Crippen molar-refractivity contribution in [1.82, 2.24) is 15.1 Å². The third-order valence-electron chi connectivity index (χ3n) is 6.56. The van der Waals surface area contributed by atoms with Gasteiger partial charge in [0.15, 0.2) is 0 Å². The molecule has 3 fully saturated rings. The number of likely N-dealkylation sites (N-methyl/N-ethyl adjacent to an activating group) is 1. The number of carbonyl (C=O) groups excluding carboxylic acids is 2. The number of aryl methyl sites for hydroxylation is 1. The van der Waals surface area contributed by atoms with Gasteiger partial charge < -0.3 is 19.9 Å². The molecule has 158 valence electrons. The molecule has 3 aliphatic rings. The van der Waals surface area contributed by atoms with E-state index >= 15 is 0 Å². The minimum absolute atomic E-state index is 0.0112. The molecule has 29 heavy (non-hydrogen) atoms. The third kappa shape index (κ3) is 4.53. The molecule has 0 bridgehead atoms. The van der Waals surface area contributed by atoms with Crippen molar-refractivity contribution >= 4 is 23.5 Å². The summed E-state index contributed by atoms with van der Waals surface area (Å²) in [5.41, 5.74) is 2.30. The molecule has 7 heteroatoms. The van der Waals surface area contributed by atoms with E-state index in [4.69, 9.17) is 16.3 Å². The van der Waals surface area contributed by atoms with E-state index in [0.29, 0.717) is 25.7 Å². The summed E-state index contributed by atoms with van der Waals surface area (Å²) in [5, 5.41) is 3.94. The highest BCUT2D eigenvalue weighted by Gasteiger charge is 2.41. The fourth-order valence-electron chi connectivity index (χ4n) is 4.51. The molecule has 1 saturated carbocycles. The predicted octanol–water partition coefficient (Wildman–Crippen LogP) is 3.17. The molecule has 3 amide bonds. The van der Waals surface area contributed by atoms with Gasteiger partial charge in [0.05, 0.1) is 18.6 Å². The summed E-state index contributed by atoms with van der Waals surface area (Å²) < 4.78 is 5.36. The third-order valence-corrected chi connectivity index (χ3v) is 6.99. The first-order chi connectivity index (χ1) is 13.9. The van der Waals surface area contributed by atoms with Gasteiger partial charge in [-0.1, -0.05) is 23.7 Å². The number of rotatable bonds is 4. The Labute approximate surface area is 177 Å². The molecule has 2 heterocycles. The van der Waals surface area contributed by atoms with Gasteiger partial charge in [-0.2, -0.15) is 0 Å². The van der Waals surface area contributed by atoms with Gasteiger partial charge in [-0.3, -0.25) is 4.79 Å². The molecule has 0 aromatic heterocycles. The fraction of sp³-hybridized carbons (Fsp3) is 0.636. The molecule has 1 aromatic rings. The average molecular weight is 420 g/mol. The lowest BCUT2D eigenvalue weighted by atomic mass is 10.0. The second kappa shape index (κ2) is 8.52. The van der Waals surface area contributed by atoms with Crippen LogP contribution in [0.4, 0.5) is 4.79 Å². The number of hydrogen-bond donors (Lipinski definition) is 1. The van der Waals surface area contributed by atoms with Crippen molar-refractivity contribution in [3.05, 3.63) is 34.3 Å². The van der Waals surface area contributed by atoms with E-state index < -0.39 is 0 Å². The van der Waals surface area contributed by atoms with Crippen molar-refractivity contribution in [2.45, 2.75) is 50.6 Å². The van der Waals surface area contributed by atoms with Crippen molar-refractivity contribution in [3.63, 3.8) is 0 Å². The number of benzene rings is 1. The highest BCUT2D eigenvalue weighted by molar-refractivity contribution is 6.31. The molecule has 2 unspecified atom stereocenters. The minimum atomic E-state index is -0.0494. The molecule has 2 saturated heterocycles. The van der Waals surface area contributed by atoms with Crippen LogP contribution in [0.3, 0.4) is 0 Å². The summed E-state index contributed by atoms with van der Waals surface area (Å²) in [6.45, 7) is 4.60. The first-order valence-electron chi connectivity index (χ1n) is 10.6. The number of halogens is 1. The first kappa shape index (κ1) is 20.5. The van der Waals surface area contributed by atoms with E-state index in [1.54, 1.807) is 4.90 Å². The van der Waals surface area contributed by atoms with Gasteiger partial charge in [0.25, 0.3) is 0 Å². The second-order valence-corrected chi connectivity index (χ2v) is 9.07. The Bertz CT molecular complexity index is 781. The topological polar surface area (TPSA) is 61.9 Å². The van der Waals surface area contributed by atoms with Crippen molar-refractivity contribution in [1.29, 1.82) is 0 Å². The molecule has 0 radical (unpaired) electrons. The fourth-order valence-corrected chi connectivity index (χ4v) is 4.62. The number of hydrogen-bond acceptors (Lipinski definition) is 3. The van der Waals surface area contributed by atoms with Crippen molar-refractivity contribution in [2.24, 2.45) is 5.92 Å². The Morgan fingerprint density at radius 3 is 2.86 bits per heavy atom. The first-order valence-corrected chi connectivity index (χ1v) is 11.0. The number of carbonyl (C=O) groups is 2. The number of ether oxygens (including phenoxy) is 1. The van der Waals surface area contributed by atoms with Gasteiger partial charge >= 0.3 is 6.03 Å². The van der Waals surface area contributed by atoms with Crippen LogP contribution < -0.4 is 5.32 Å². The number of urea groups is 1. The van der Waals surface area contributed by atoms with E-state index in [9.17, 15) is 9.59 Å². The van der Waals surface area contributed by atoms with Crippen LogP contribution in [0.5, 0.6) is 0 Å². The quantitative estimate of drug-likeness (QED) is 0.815. The van der Waals surface area contributed by atoms with Crippen LogP contribution >= 0.6 is 11.6 Å². The van der Waals surface area contributed by atoms with Crippen LogP contribution in [0, 0.1) is 12.8 Å². The molecule has 0 spiro atoms. The summed E-state index contributed by atoms with van der Waals surface area (Å²) in [7, 11) is 1.84. The molecular weight excluding hydrogens is 390 g/mol.